The molecule has 1 saturated carbocycles. The molecule has 20 heavy (non-hydrogen) atoms. The summed E-state index contributed by atoms with van der Waals surface area (Å²) in [5.74, 6) is 0. The van der Waals surface area contributed by atoms with Crippen molar-refractivity contribution in [3.63, 3.8) is 0 Å². The third kappa shape index (κ3) is 4.82. The lowest BCUT2D eigenvalue weighted by atomic mass is 10.1. The van der Waals surface area contributed by atoms with Crippen LogP contribution in [-0.2, 0) is 6.54 Å². The topological polar surface area (TPSA) is 15.3 Å². The van der Waals surface area contributed by atoms with Gasteiger partial charge in [0.1, 0.15) is 0 Å². The van der Waals surface area contributed by atoms with Gasteiger partial charge in [0.2, 0.25) is 0 Å². The minimum atomic E-state index is 0.180. The predicted molar refractivity (Wildman–Crippen MR) is 88.3 cm³/mol. The van der Waals surface area contributed by atoms with E-state index in [2.05, 4.69) is 62.2 Å². The van der Waals surface area contributed by atoms with Crippen molar-refractivity contribution in [2.45, 2.75) is 71.5 Å². The van der Waals surface area contributed by atoms with Crippen LogP contribution in [0.25, 0.3) is 0 Å². The summed E-state index contributed by atoms with van der Waals surface area (Å²) in [6, 6.07) is 9.95. The molecule has 0 bridgehead atoms. The van der Waals surface area contributed by atoms with Crippen molar-refractivity contribution in [2.75, 3.05) is 11.4 Å². The van der Waals surface area contributed by atoms with Gasteiger partial charge in [0, 0.05) is 30.4 Å². The van der Waals surface area contributed by atoms with Crippen molar-refractivity contribution in [1.82, 2.24) is 5.32 Å². The number of hydrogen-bond donors (Lipinski definition) is 1. The number of nitrogens with zero attached hydrogens (tertiary/aromatic N) is 1. The fraction of sp³-hybridized carbons (Fsp3) is 0.667. The van der Waals surface area contributed by atoms with Crippen LogP contribution in [0.15, 0.2) is 24.3 Å². The zero-order valence-corrected chi connectivity index (χ0v) is 13.6. The van der Waals surface area contributed by atoms with Crippen LogP contribution in [0.4, 0.5) is 5.69 Å². The van der Waals surface area contributed by atoms with E-state index in [9.17, 15) is 0 Å². The maximum atomic E-state index is 3.54. The molecule has 0 atom stereocenters. The normalized spacial score (nSPS) is 15.4. The molecule has 112 valence electrons. The molecular weight excluding hydrogens is 244 g/mol. The summed E-state index contributed by atoms with van der Waals surface area (Å²) < 4.78 is 0. The lowest BCUT2D eigenvalue weighted by Crippen LogP contribution is -2.35. The largest absolute Gasteiger partial charge is 0.369 e. The number of anilines is 1. The Kier molecular flexibility index (Phi) is 5.09. The Morgan fingerprint density at radius 1 is 1.15 bits per heavy atom. The van der Waals surface area contributed by atoms with Gasteiger partial charge in [-0.25, -0.2) is 0 Å². The Balaban J connectivity index is 1.95. The number of benzene rings is 1. The van der Waals surface area contributed by atoms with Gasteiger partial charge in [0.15, 0.2) is 0 Å². The summed E-state index contributed by atoms with van der Waals surface area (Å²) in [6.45, 7) is 11.1. The Labute approximate surface area is 124 Å². The third-order valence-corrected chi connectivity index (χ3v) is 3.83. The smallest absolute Gasteiger partial charge is 0.0368 e. The molecule has 0 aromatic heterocycles. The average Bonchev–Trinajstić information content (AvgIpc) is 3.22. The van der Waals surface area contributed by atoms with E-state index in [0.717, 1.165) is 12.6 Å². The monoisotopic (exact) mass is 274 g/mol. The molecular formula is C18H30N2. The second-order valence-electron chi connectivity index (χ2n) is 7.05. The van der Waals surface area contributed by atoms with Crippen LogP contribution in [0.3, 0.4) is 0 Å². The van der Waals surface area contributed by atoms with E-state index in [-0.39, 0.29) is 5.54 Å². The zero-order chi connectivity index (χ0) is 14.6. The van der Waals surface area contributed by atoms with E-state index < -0.39 is 0 Å². The first kappa shape index (κ1) is 15.4. The van der Waals surface area contributed by atoms with Gasteiger partial charge in [-0.05, 0) is 57.7 Å². The number of hydrogen-bond acceptors (Lipinski definition) is 2. The van der Waals surface area contributed by atoms with E-state index >= 15 is 0 Å². The van der Waals surface area contributed by atoms with Gasteiger partial charge in [-0.15, -0.1) is 0 Å². The first-order chi connectivity index (χ1) is 9.49. The molecule has 2 rings (SSSR count). The van der Waals surface area contributed by atoms with Crippen LogP contribution in [0, 0.1) is 0 Å². The maximum absolute atomic E-state index is 3.54. The molecule has 1 aromatic rings. The van der Waals surface area contributed by atoms with Crippen molar-refractivity contribution >= 4 is 5.69 Å². The maximum Gasteiger partial charge on any atom is 0.0368 e. The number of rotatable bonds is 7. The molecule has 0 aliphatic heterocycles. The van der Waals surface area contributed by atoms with E-state index in [1.54, 1.807) is 0 Å². The van der Waals surface area contributed by atoms with Gasteiger partial charge in [-0.2, -0.15) is 0 Å². The first-order valence-corrected chi connectivity index (χ1v) is 8.10. The molecule has 0 saturated heterocycles. The molecule has 1 fully saturated rings. The third-order valence-electron chi connectivity index (χ3n) is 3.83. The van der Waals surface area contributed by atoms with Crippen LogP contribution in [-0.4, -0.2) is 18.1 Å². The minimum absolute atomic E-state index is 0.180. The highest BCUT2D eigenvalue weighted by Crippen LogP contribution is 2.32. The van der Waals surface area contributed by atoms with Crippen molar-refractivity contribution in [3.05, 3.63) is 29.8 Å². The van der Waals surface area contributed by atoms with E-state index in [1.165, 1.54) is 43.5 Å². The minimum Gasteiger partial charge on any atom is -0.369 e. The van der Waals surface area contributed by atoms with Crippen molar-refractivity contribution in [2.24, 2.45) is 0 Å². The Hall–Kier alpha value is -1.02. The summed E-state index contributed by atoms with van der Waals surface area (Å²) in [7, 11) is 0. The van der Waals surface area contributed by atoms with Crippen LogP contribution < -0.4 is 10.2 Å². The van der Waals surface area contributed by atoms with Gasteiger partial charge in [-0.1, -0.05) is 25.5 Å². The van der Waals surface area contributed by atoms with Crippen molar-refractivity contribution < 1.29 is 0 Å². The van der Waals surface area contributed by atoms with Crippen molar-refractivity contribution in [1.29, 1.82) is 0 Å². The highest BCUT2D eigenvalue weighted by Gasteiger charge is 2.28. The van der Waals surface area contributed by atoms with Gasteiger partial charge < -0.3 is 10.2 Å². The number of nitrogens with one attached hydrogen (secondary N) is 1. The molecule has 2 heteroatoms. The Morgan fingerprint density at radius 3 is 2.30 bits per heavy atom. The highest BCUT2D eigenvalue weighted by atomic mass is 15.2. The summed E-state index contributed by atoms with van der Waals surface area (Å²) in [5.41, 5.74) is 2.95. The Bertz CT molecular complexity index is 398. The molecule has 0 spiro atoms. The molecule has 1 aromatic carbocycles. The van der Waals surface area contributed by atoms with Crippen LogP contribution >= 0.6 is 0 Å². The molecule has 0 radical (unpaired) electrons. The van der Waals surface area contributed by atoms with E-state index in [4.69, 9.17) is 0 Å². The molecule has 2 nitrogen and oxygen atoms in total. The van der Waals surface area contributed by atoms with Crippen LogP contribution in [0.5, 0.6) is 0 Å². The van der Waals surface area contributed by atoms with Gasteiger partial charge in [0.25, 0.3) is 0 Å². The zero-order valence-electron chi connectivity index (χ0n) is 13.6. The fourth-order valence-corrected chi connectivity index (χ4v) is 2.41. The van der Waals surface area contributed by atoms with E-state index in [0.29, 0.717) is 0 Å². The second-order valence-corrected chi connectivity index (χ2v) is 7.05. The average molecular weight is 274 g/mol. The fourth-order valence-electron chi connectivity index (χ4n) is 2.41. The standard InChI is InChI=1S/C18H30N2/c1-5-6-13-20(17-11-12-17)16-9-7-15(8-10-16)14-19-18(2,3)4/h7-10,17,19H,5-6,11-14H2,1-4H3. The quantitative estimate of drug-likeness (QED) is 0.795. The lowest BCUT2D eigenvalue weighted by Gasteiger charge is -2.25. The molecule has 0 unspecified atom stereocenters. The summed E-state index contributed by atoms with van der Waals surface area (Å²) in [5, 5.41) is 3.54. The van der Waals surface area contributed by atoms with Crippen LogP contribution in [0.2, 0.25) is 0 Å². The van der Waals surface area contributed by atoms with Crippen molar-refractivity contribution in [3.8, 4) is 0 Å². The molecule has 0 amide bonds. The predicted octanol–water partition coefficient (Wildman–Crippen LogP) is 4.34. The molecule has 1 N–H and O–H groups in total. The lowest BCUT2D eigenvalue weighted by molar-refractivity contribution is 0.424. The summed E-state index contributed by atoms with van der Waals surface area (Å²) in [6.07, 6.45) is 5.31. The summed E-state index contributed by atoms with van der Waals surface area (Å²) >= 11 is 0. The van der Waals surface area contributed by atoms with Gasteiger partial charge in [0.05, 0.1) is 0 Å². The number of unbranched alkanes of at least 4 members (excludes halogenated alkanes) is 1. The van der Waals surface area contributed by atoms with Crippen LogP contribution in [0.1, 0.15) is 58.9 Å². The second kappa shape index (κ2) is 6.62. The molecule has 1 aliphatic carbocycles. The molecule has 1 aliphatic rings. The molecule has 0 heterocycles. The van der Waals surface area contributed by atoms with Gasteiger partial charge in [-0.3, -0.25) is 0 Å². The SMILES string of the molecule is CCCCN(c1ccc(CNC(C)(C)C)cc1)C1CC1. The van der Waals surface area contributed by atoms with Gasteiger partial charge >= 0.3 is 0 Å². The van der Waals surface area contributed by atoms with E-state index in [1.807, 2.05) is 0 Å². The first-order valence-electron chi connectivity index (χ1n) is 8.10. The Morgan fingerprint density at radius 2 is 1.80 bits per heavy atom. The summed E-state index contributed by atoms with van der Waals surface area (Å²) in [4.78, 5) is 2.60. The highest BCUT2D eigenvalue weighted by molar-refractivity contribution is 5.49.